The Balaban J connectivity index is 1.58. The summed E-state index contributed by atoms with van der Waals surface area (Å²) in [6.45, 7) is 2.35. The van der Waals surface area contributed by atoms with Gasteiger partial charge in [-0.1, -0.05) is 23.7 Å². The monoisotopic (exact) mass is 450 g/mol. The Bertz CT molecular complexity index is 1240. The van der Waals surface area contributed by atoms with Gasteiger partial charge in [0.25, 0.3) is 0 Å². The number of ether oxygens (including phenoxy) is 2. The molecular weight excluding hydrogens is 431 g/mol. The van der Waals surface area contributed by atoms with Crippen LogP contribution < -0.4 is 10.1 Å². The van der Waals surface area contributed by atoms with Gasteiger partial charge in [0.05, 0.1) is 17.8 Å². The molecule has 0 saturated carbocycles. The van der Waals surface area contributed by atoms with Gasteiger partial charge in [0.2, 0.25) is 0 Å². The molecule has 0 atom stereocenters. The average Bonchev–Trinajstić information content (AvgIpc) is 2.80. The SMILES string of the molecule is CCOC(=O)c1cnc2ccc(F)cc2c1Nc1ccc(OCc2ccc(Cl)cc2)cc1. The van der Waals surface area contributed by atoms with Gasteiger partial charge in [0, 0.05) is 22.3 Å². The maximum absolute atomic E-state index is 13.9. The maximum Gasteiger partial charge on any atom is 0.341 e. The largest absolute Gasteiger partial charge is 0.489 e. The molecule has 7 heteroatoms. The molecule has 0 aliphatic carbocycles. The van der Waals surface area contributed by atoms with Gasteiger partial charge in [-0.25, -0.2) is 9.18 Å². The predicted molar refractivity (Wildman–Crippen MR) is 123 cm³/mol. The number of aromatic nitrogens is 1. The molecule has 4 rings (SSSR count). The number of anilines is 2. The van der Waals surface area contributed by atoms with Crippen molar-refractivity contribution in [2.75, 3.05) is 11.9 Å². The third-order valence-electron chi connectivity index (χ3n) is 4.77. The van der Waals surface area contributed by atoms with Gasteiger partial charge < -0.3 is 14.8 Å². The Hall–Kier alpha value is -3.64. The van der Waals surface area contributed by atoms with Crippen molar-refractivity contribution in [3.8, 4) is 5.75 Å². The summed E-state index contributed by atoms with van der Waals surface area (Å²) >= 11 is 5.90. The van der Waals surface area contributed by atoms with Crippen LogP contribution in [0.5, 0.6) is 5.75 Å². The molecule has 3 aromatic carbocycles. The third-order valence-corrected chi connectivity index (χ3v) is 5.02. The van der Waals surface area contributed by atoms with Crippen LogP contribution in [0.2, 0.25) is 5.02 Å². The van der Waals surface area contributed by atoms with Gasteiger partial charge in [0.15, 0.2) is 0 Å². The summed E-state index contributed by atoms with van der Waals surface area (Å²) in [6.07, 6.45) is 1.43. The molecule has 5 nitrogen and oxygen atoms in total. The van der Waals surface area contributed by atoms with Crippen molar-refractivity contribution in [2.24, 2.45) is 0 Å². The highest BCUT2D eigenvalue weighted by Gasteiger charge is 2.17. The maximum atomic E-state index is 13.9. The molecule has 0 unspecified atom stereocenters. The van der Waals surface area contributed by atoms with E-state index in [-0.39, 0.29) is 12.2 Å². The first-order valence-corrected chi connectivity index (χ1v) is 10.4. The lowest BCUT2D eigenvalue weighted by atomic mass is 10.1. The lowest BCUT2D eigenvalue weighted by Crippen LogP contribution is -2.09. The Morgan fingerprint density at radius 1 is 1.06 bits per heavy atom. The predicted octanol–water partition coefficient (Wildman–Crippen LogP) is 6.53. The van der Waals surface area contributed by atoms with Gasteiger partial charge in [-0.15, -0.1) is 0 Å². The third kappa shape index (κ3) is 4.98. The van der Waals surface area contributed by atoms with Gasteiger partial charge in [-0.05, 0) is 67.1 Å². The average molecular weight is 451 g/mol. The summed E-state index contributed by atoms with van der Waals surface area (Å²) in [5.74, 6) is -0.271. The van der Waals surface area contributed by atoms with Gasteiger partial charge in [-0.3, -0.25) is 4.98 Å². The highest BCUT2D eigenvalue weighted by molar-refractivity contribution is 6.30. The highest BCUT2D eigenvalue weighted by atomic mass is 35.5. The van der Waals surface area contributed by atoms with E-state index < -0.39 is 11.8 Å². The van der Waals surface area contributed by atoms with E-state index >= 15 is 0 Å². The molecule has 0 saturated heterocycles. The van der Waals surface area contributed by atoms with E-state index in [0.29, 0.717) is 39.7 Å². The number of pyridine rings is 1. The van der Waals surface area contributed by atoms with Crippen LogP contribution in [-0.4, -0.2) is 17.6 Å². The Morgan fingerprint density at radius 2 is 1.81 bits per heavy atom. The van der Waals surface area contributed by atoms with E-state index in [9.17, 15) is 9.18 Å². The Labute approximate surface area is 189 Å². The van der Waals surface area contributed by atoms with E-state index in [2.05, 4.69) is 10.3 Å². The molecule has 1 aromatic heterocycles. The number of fused-ring (bicyclic) bond motifs is 1. The van der Waals surface area contributed by atoms with E-state index in [4.69, 9.17) is 21.1 Å². The van der Waals surface area contributed by atoms with Crippen molar-refractivity contribution in [3.63, 3.8) is 0 Å². The normalized spacial score (nSPS) is 10.7. The first-order chi connectivity index (χ1) is 15.5. The standard InChI is InChI=1S/C25H20ClFN2O3/c1-2-31-25(30)22-14-28-23-12-7-18(27)13-21(23)24(22)29-19-8-10-20(11-9-19)32-15-16-3-5-17(26)6-4-16/h3-14H,2,15H2,1H3,(H,28,29). The number of carbonyl (C=O) groups excluding carboxylic acids is 1. The van der Waals surface area contributed by atoms with Crippen LogP contribution in [0.3, 0.4) is 0 Å². The zero-order valence-electron chi connectivity index (χ0n) is 17.3. The number of esters is 1. The molecule has 0 fully saturated rings. The molecule has 1 heterocycles. The molecule has 0 aliphatic rings. The number of hydrogen-bond donors (Lipinski definition) is 1. The van der Waals surface area contributed by atoms with Crippen LogP contribution in [0.25, 0.3) is 10.9 Å². The Kier molecular flexibility index (Phi) is 6.52. The number of nitrogens with one attached hydrogen (secondary N) is 1. The number of benzene rings is 3. The van der Waals surface area contributed by atoms with Crippen LogP contribution in [0.4, 0.5) is 15.8 Å². The van der Waals surface area contributed by atoms with Crippen LogP contribution in [-0.2, 0) is 11.3 Å². The first-order valence-electron chi connectivity index (χ1n) is 10.0. The van der Waals surface area contributed by atoms with Gasteiger partial charge in [0.1, 0.15) is 23.7 Å². The summed E-state index contributed by atoms with van der Waals surface area (Å²) in [5, 5.41) is 4.37. The number of nitrogens with zero attached hydrogens (tertiary/aromatic N) is 1. The fraction of sp³-hybridized carbons (Fsp3) is 0.120. The molecule has 4 aromatic rings. The second-order valence-electron chi connectivity index (χ2n) is 6.99. The van der Waals surface area contributed by atoms with Crippen molar-refractivity contribution in [1.29, 1.82) is 0 Å². The number of hydrogen-bond acceptors (Lipinski definition) is 5. The molecule has 0 radical (unpaired) electrons. The number of rotatable bonds is 7. The molecular formula is C25H20ClFN2O3. The lowest BCUT2D eigenvalue weighted by Gasteiger charge is -2.15. The van der Waals surface area contributed by atoms with E-state index in [1.54, 1.807) is 13.0 Å². The zero-order valence-corrected chi connectivity index (χ0v) is 18.0. The molecule has 0 amide bonds. The van der Waals surface area contributed by atoms with Crippen molar-refractivity contribution < 1.29 is 18.7 Å². The molecule has 0 spiro atoms. The number of carbonyl (C=O) groups is 1. The summed E-state index contributed by atoms with van der Waals surface area (Å²) in [7, 11) is 0. The fourth-order valence-corrected chi connectivity index (χ4v) is 3.32. The van der Waals surface area contributed by atoms with Crippen molar-refractivity contribution in [1.82, 2.24) is 4.98 Å². The minimum absolute atomic E-state index is 0.221. The van der Waals surface area contributed by atoms with Crippen LogP contribution >= 0.6 is 11.6 Å². The second-order valence-corrected chi connectivity index (χ2v) is 7.43. The summed E-state index contributed by atoms with van der Waals surface area (Å²) in [6, 6.07) is 18.9. The molecule has 0 bridgehead atoms. The fourth-order valence-electron chi connectivity index (χ4n) is 3.19. The number of halogens is 2. The molecule has 0 aliphatic heterocycles. The van der Waals surface area contributed by atoms with Crippen molar-refractivity contribution in [3.05, 3.63) is 94.9 Å². The van der Waals surface area contributed by atoms with E-state index in [1.165, 1.54) is 18.3 Å². The quantitative estimate of drug-likeness (QED) is 0.324. The van der Waals surface area contributed by atoms with Crippen molar-refractivity contribution >= 4 is 39.8 Å². The van der Waals surface area contributed by atoms with Crippen LogP contribution in [0.1, 0.15) is 22.8 Å². The minimum atomic E-state index is -0.531. The molecule has 1 N–H and O–H groups in total. The van der Waals surface area contributed by atoms with Gasteiger partial charge in [-0.2, -0.15) is 0 Å². The smallest absolute Gasteiger partial charge is 0.341 e. The van der Waals surface area contributed by atoms with Crippen molar-refractivity contribution in [2.45, 2.75) is 13.5 Å². The summed E-state index contributed by atoms with van der Waals surface area (Å²) < 4.78 is 24.9. The highest BCUT2D eigenvalue weighted by Crippen LogP contribution is 2.31. The lowest BCUT2D eigenvalue weighted by molar-refractivity contribution is 0.0527. The van der Waals surface area contributed by atoms with E-state index in [1.807, 2.05) is 48.5 Å². The Morgan fingerprint density at radius 3 is 2.53 bits per heavy atom. The minimum Gasteiger partial charge on any atom is -0.489 e. The molecule has 162 valence electrons. The zero-order chi connectivity index (χ0) is 22.5. The first kappa shape index (κ1) is 21.6. The van der Waals surface area contributed by atoms with Crippen LogP contribution in [0.15, 0.2) is 72.9 Å². The topological polar surface area (TPSA) is 60.5 Å². The summed E-state index contributed by atoms with van der Waals surface area (Å²) in [4.78, 5) is 16.7. The van der Waals surface area contributed by atoms with E-state index in [0.717, 1.165) is 5.56 Å². The summed E-state index contributed by atoms with van der Waals surface area (Å²) in [5.41, 5.74) is 2.92. The van der Waals surface area contributed by atoms with Crippen LogP contribution in [0, 0.1) is 5.82 Å². The molecule has 32 heavy (non-hydrogen) atoms. The van der Waals surface area contributed by atoms with Gasteiger partial charge >= 0.3 is 5.97 Å². The second kappa shape index (κ2) is 9.66.